The van der Waals surface area contributed by atoms with Crippen LogP contribution >= 0.6 is 15.2 Å². The summed E-state index contributed by atoms with van der Waals surface area (Å²) in [5.41, 5.74) is -2.64. The molecule has 0 saturated heterocycles. The zero-order chi connectivity index (χ0) is 15.5. The van der Waals surface area contributed by atoms with Gasteiger partial charge in [0.05, 0.1) is 12.3 Å². The number of rotatable bonds is 8. The molecule has 0 fully saturated rings. The van der Waals surface area contributed by atoms with Gasteiger partial charge in [-0.2, -0.15) is 0 Å². The van der Waals surface area contributed by atoms with Crippen molar-refractivity contribution in [3.8, 4) is 0 Å². The van der Waals surface area contributed by atoms with Crippen molar-refractivity contribution in [2.75, 3.05) is 12.3 Å². The van der Waals surface area contributed by atoms with Crippen molar-refractivity contribution in [1.29, 1.82) is 0 Å². The van der Waals surface area contributed by atoms with Gasteiger partial charge in [-0.3, -0.25) is 18.7 Å². The van der Waals surface area contributed by atoms with Crippen LogP contribution in [0.25, 0.3) is 0 Å². The average Bonchev–Trinajstić information content (AvgIpc) is 2.13. The lowest BCUT2D eigenvalue weighted by Crippen LogP contribution is -2.41. The quantitative estimate of drug-likeness (QED) is 0.246. The van der Waals surface area contributed by atoms with Crippen molar-refractivity contribution in [2.24, 2.45) is 5.41 Å². The third-order valence-electron chi connectivity index (χ3n) is 2.48. The van der Waals surface area contributed by atoms with Gasteiger partial charge in [0.1, 0.15) is 0 Å². The molecule has 19 heavy (non-hydrogen) atoms. The fourth-order valence-corrected chi connectivity index (χ4v) is 2.66. The SMILES string of the molecule is O=C(O)C(CCP(=O)(O)O)(CCP(=O)(O)O)C(=O)O. The van der Waals surface area contributed by atoms with Crippen LogP contribution < -0.4 is 0 Å². The lowest BCUT2D eigenvalue weighted by atomic mass is 9.82. The van der Waals surface area contributed by atoms with E-state index in [4.69, 9.17) is 29.8 Å². The Morgan fingerprint density at radius 1 is 0.789 bits per heavy atom. The fourth-order valence-electron chi connectivity index (χ4n) is 1.32. The van der Waals surface area contributed by atoms with Gasteiger partial charge in [0.2, 0.25) is 0 Å². The predicted molar refractivity (Wildman–Crippen MR) is 60.8 cm³/mol. The third kappa shape index (κ3) is 6.29. The molecule has 0 rings (SSSR count). The molecule has 112 valence electrons. The Kier molecular flexibility index (Phi) is 5.88. The fraction of sp³-hybridized carbons (Fsp3) is 0.714. The minimum atomic E-state index is -4.63. The second-order valence-corrected chi connectivity index (χ2v) is 7.52. The Hall–Kier alpha value is -0.760. The maximum Gasteiger partial charge on any atom is 0.325 e. The van der Waals surface area contributed by atoms with E-state index in [-0.39, 0.29) is 0 Å². The first kappa shape index (κ1) is 18.2. The van der Waals surface area contributed by atoms with Crippen molar-refractivity contribution >= 4 is 27.1 Å². The molecule has 10 nitrogen and oxygen atoms in total. The monoisotopic (exact) mass is 320 g/mol. The topological polar surface area (TPSA) is 190 Å². The van der Waals surface area contributed by atoms with Gasteiger partial charge in [0, 0.05) is 0 Å². The molecule has 0 heterocycles. The number of aliphatic carboxylic acids is 2. The molecular formula is C7H14O10P2. The van der Waals surface area contributed by atoms with Crippen LogP contribution in [0, 0.1) is 5.41 Å². The van der Waals surface area contributed by atoms with Crippen molar-refractivity contribution in [3.05, 3.63) is 0 Å². The standard InChI is InChI=1S/C7H14O10P2/c8-5(9)7(6(10)11,1-3-18(12,13)14)2-4-19(15,16)17/h1-4H2,(H,8,9)(H,10,11)(H2,12,13,14)(H2,15,16,17). The molecule has 0 aromatic heterocycles. The maximum atomic E-state index is 11.0. The summed E-state index contributed by atoms with van der Waals surface area (Å²) in [7, 11) is -9.25. The Labute approximate surface area is 107 Å². The van der Waals surface area contributed by atoms with Crippen molar-refractivity contribution in [2.45, 2.75) is 12.8 Å². The zero-order valence-electron chi connectivity index (χ0n) is 9.54. The summed E-state index contributed by atoms with van der Waals surface area (Å²) in [5.74, 6) is -3.80. The van der Waals surface area contributed by atoms with Gasteiger partial charge >= 0.3 is 27.1 Å². The first-order valence-corrected chi connectivity index (χ1v) is 8.46. The first-order chi connectivity index (χ1) is 8.30. The molecule has 0 aliphatic carbocycles. The van der Waals surface area contributed by atoms with Crippen LogP contribution in [0.4, 0.5) is 0 Å². The summed E-state index contributed by atoms with van der Waals surface area (Å²) >= 11 is 0. The Morgan fingerprint density at radius 3 is 1.21 bits per heavy atom. The summed E-state index contributed by atoms with van der Waals surface area (Å²) in [5, 5.41) is 17.8. The van der Waals surface area contributed by atoms with Gasteiger partial charge in [-0.25, -0.2) is 0 Å². The van der Waals surface area contributed by atoms with Gasteiger partial charge in [-0.1, -0.05) is 0 Å². The number of carbonyl (C=O) groups is 2. The summed E-state index contributed by atoms with van der Waals surface area (Å²) in [6, 6.07) is 0. The Balaban J connectivity index is 5.21. The van der Waals surface area contributed by atoms with E-state index in [0.717, 1.165) is 0 Å². The van der Waals surface area contributed by atoms with Crippen LogP contribution in [0.2, 0.25) is 0 Å². The molecule has 0 saturated carbocycles. The van der Waals surface area contributed by atoms with E-state index in [1.54, 1.807) is 0 Å². The normalized spacial score (nSPS) is 13.3. The van der Waals surface area contributed by atoms with E-state index in [0.29, 0.717) is 0 Å². The van der Waals surface area contributed by atoms with Gasteiger partial charge in [-0.05, 0) is 12.8 Å². The van der Waals surface area contributed by atoms with Crippen LogP contribution in [0.5, 0.6) is 0 Å². The summed E-state index contributed by atoms with van der Waals surface area (Å²) < 4.78 is 21.4. The molecule has 12 heteroatoms. The molecular weight excluding hydrogens is 306 g/mol. The second kappa shape index (κ2) is 6.13. The van der Waals surface area contributed by atoms with Crippen LogP contribution in [0.3, 0.4) is 0 Å². The van der Waals surface area contributed by atoms with E-state index < -0.39 is 57.7 Å². The predicted octanol–water partition coefficient (Wildman–Crippen LogP) is -0.722. The Morgan fingerprint density at radius 2 is 1.05 bits per heavy atom. The molecule has 0 aliphatic rings. The number of carboxylic acids is 2. The van der Waals surface area contributed by atoms with Gasteiger partial charge < -0.3 is 29.8 Å². The molecule has 0 aliphatic heterocycles. The molecule has 0 bridgehead atoms. The highest BCUT2D eigenvalue weighted by Gasteiger charge is 2.48. The molecule has 0 radical (unpaired) electrons. The van der Waals surface area contributed by atoms with E-state index in [1.165, 1.54) is 0 Å². The van der Waals surface area contributed by atoms with Gasteiger partial charge in [0.25, 0.3) is 0 Å². The maximum absolute atomic E-state index is 11.0. The minimum absolute atomic E-state index is 0.929. The molecule has 0 spiro atoms. The number of carboxylic acid groups (broad SMARTS) is 2. The molecule has 0 unspecified atom stereocenters. The molecule has 0 atom stereocenters. The second-order valence-electron chi connectivity index (χ2n) is 3.97. The zero-order valence-corrected chi connectivity index (χ0v) is 11.3. The summed E-state index contributed by atoms with van der Waals surface area (Å²) in [6.07, 6.45) is -3.87. The van der Waals surface area contributed by atoms with E-state index in [9.17, 15) is 18.7 Å². The first-order valence-electron chi connectivity index (χ1n) is 4.86. The van der Waals surface area contributed by atoms with Crippen molar-refractivity contribution < 1.29 is 48.5 Å². The van der Waals surface area contributed by atoms with E-state index in [2.05, 4.69) is 0 Å². The van der Waals surface area contributed by atoms with E-state index >= 15 is 0 Å². The van der Waals surface area contributed by atoms with Gasteiger partial charge in [-0.15, -0.1) is 0 Å². The highest BCUT2D eigenvalue weighted by molar-refractivity contribution is 7.52. The van der Waals surface area contributed by atoms with Crippen LogP contribution in [0.15, 0.2) is 0 Å². The smallest absolute Gasteiger partial charge is 0.325 e. The molecule has 0 aromatic rings. The lowest BCUT2D eigenvalue weighted by Gasteiger charge is -2.25. The molecule has 0 aromatic carbocycles. The van der Waals surface area contributed by atoms with Crippen LogP contribution in [-0.4, -0.2) is 54.0 Å². The van der Waals surface area contributed by atoms with Crippen LogP contribution in [0.1, 0.15) is 12.8 Å². The molecule has 0 amide bonds. The number of hydrogen-bond acceptors (Lipinski definition) is 4. The lowest BCUT2D eigenvalue weighted by molar-refractivity contribution is -0.165. The van der Waals surface area contributed by atoms with Crippen LogP contribution in [-0.2, 0) is 18.7 Å². The van der Waals surface area contributed by atoms with Crippen molar-refractivity contribution in [3.63, 3.8) is 0 Å². The highest BCUT2D eigenvalue weighted by atomic mass is 31.2. The Bertz CT molecular complexity index is 403. The summed E-state index contributed by atoms with van der Waals surface area (Å²) in [4.78, 5) is 56.6. The highest BCUT2D eigenvalue weighted by Crippen LogP contribution is 2.44. The number of hydrogen-bond donors (Lipinski definition) is 6. The van der Waals surface area contributed by atoms with Crippen molar-refractivity contribution in [1.82, 2.24) is 0 Å². The summed E-state index contributed by atoms with van der Waals surface area (Å²) in [6.45, 7) is 0. The largest absolute Gasteiger partial charge is 0.480 e. The average molecular weight is 320 g/mol. The third-order valence-corrected chi connectivity index (χ3v) is 4.09. The minimum Gasteiger partial charge on any atom is -0.480 e. The molecule has 6 N–H and O–H groups in total. The van der Waals surface area contributed by atoms with E-state index in [1.807, 2.05) is 0 Å². The van der Waals surface area contributed by atoms with Gasteiger partial charge in [0.15, 0.2) is 5.41 Å².